The Morgan fingerprint density at radius 2 is 2.30 bits per heavy atom. The quantitative estimate of drug-likeness (QED) is 0.899. The monoisotopic (exact) mass is 294 g/mol. The fourth-order valence-electron chi connectivity index (χ4n) is 3.44. The number of rotatable bonds is 3. The first kappa shape index (κ1) is 13.4. The summed E-state index contributed by atoms with van der Waals surface area (Å²) in [6.07, 6.45) is 2.33. The molecule has 1 aromatic rings. The van der Waals surface area contributed by atoms with Crippen molar-refractivity contribution in [2.45, 2.75) is 44.3 Å². The number of amides is 2. The Bertz CT molecular complexity index is 516. The van der Waals surface area contributed by atoms with Gasteiger partial charge < -0.3 is 15.3 Å². The number of carbonyl (C=O) groups is 2. The first-order chi connectivity index (χ1) is 9.58. The Kier molecular flexibility index (Phi) is 3.41. The Morgan fingerprint density at radius 1 is 1.50 bits per heavy atom. The number of hydrogen-bond acceptors (Lipinski definition) is 3. The van der Waals surface area contributed by atoms with Crippen molar-refractivity contribution < 1.29 is 14.7 Å². The van der Waals surface area contributed by atoms with Crippen molar-refractivity contribution in [3.05, 3.63) is 22.4 Å². The van der Waals surface area contributed by atoms with Crippen molar-refractivity contribution in [1.82, 2.24) is 10.2 Å². The van der Waals surface area contributed by atoms with Crippen molar-refractivity contribution in [3.63, 3.8) is 0 Å². The van der Waals surface area contributed by atoms with Gasteiger partial charge >= 0.3 is 12.0 Å². The van der Waals surface area contributed by atoms with Gasteiger partial charge in [0.2, 0.25) is 0 Å². The van der Waals surface area contributed by atoms with Crippen LogP contribution in [-0.2, 0) is 4.79 Å². The minimum absolute atomic E-state index is 0.0363. The Balaban J connectivity index is 1.68. The van der Waals surface area contributed by atoms with Crippen molar-refractivity contribution in [2.24, 2.45) is 5.92 Å². The van der Waals surface area contributed by atoms with Crippen LogP contribution in [0.15, 0.2) is 17.5 Å². The largest absolute Gasteiger partial charge is 0.481 e. The molecule has 2 bridgehead atoms. The number of thiophene rings is 1. The van der Waals surface area contributed by atoms with Gasteiger partial charge in [-0.25, -0.2) is 4.79 Å². The highest BCUT2D eigenvalue weighted by Gasteiger charge is 2.51. The molecule has 4 unspecified atom stereocenters. The third kappa shape index (κ3) is 2.18. The Morgan fingerprint density at radius 3 is 2.90 bits per heavy atom. The van der Waals surface area contributed by atoms with Crippen LogP contribution in [0.1, 0.15) is 37.1 Å². The lowest BCUT2D eigenvalue weighted by atomic mass is 9.89. The highest BCUT2D eigenvalue weighted by molar-refractivity contribution is 7.10. The lowest BCUT2D eigenvalue weighted by molar-refractivity contribution is -0.142. The molecular weight excluding hydrogens is 276 g/mol. The molecule has 0 aromatic carbocycles. The summed E-state index contributed by atoms with van der Waals surface area (Å²) < 4.78 is 0. The molecule has 0 spiro atoms. The summed E-state index contributed by atoms with van der Waals surface area (Å²) in [5.41, 5.74) is 0. The molecule has 6 heteroatoms. The van der Waals surface area contributed by atoms with Crippen LogP contribution < -0.4 is 5.32 Å². The van der Waals surface area contributed by atoms with Crippen LogP contribution in [0.2, 0.25) is 0 Å². The smallest absolute Gasteiger partial charge is 0.318 e. The maximum Gasteiger partial charge on any atom is 0.318 e. The molecule has 2 N–H and O–H groups in total. The van der Waals surface area contributed by atoms with Gasteiger partial charge in [0.05, 0.1) is 12.0 Å². The molecule has 3 heterocycles. The van der Waals surface area contributed by atoms with Gasteiger partial charge in [0.25, 0.3) is 0 Å². The molecule has 0 radical (unpaired) electrons. The van der Waals surface area contributed by atoms with E-state index in [1.54, 1.807) is 16.2 Å². The summed E-state index contributed by atoms with van der Waals surface area (Å²) in [4.78, 5) is 26.5. The predicted molar refractivity (Wildman–Crippen MR) is 75.7 cm³/mol. The molecule has 0 aliphatic carbocycles. The lowest BCUT2D eigenvalue weighted by Gasteiger charge is -2.25. The zero-order valence-electron chi connectivity index (χ0n) is 11.3. The van der Waals surface area contributed by atoms with Gasteiger partial charge in [0.15, 0.2) is 0 Å². The van der Waals surface area contributed by atoms with Crippen LogP contribution in [0.25, 0.3) is 0 Å². The molecule has 0 saturated carbocycles. The van der Waals surface area contributed by atoms with E-state index in [0.29, 0.717) is 6.42 Å². The summed E-state index contributed by atoms with van der Waals surface area (Å²) in [6.45, 7) is 1.95. The Labute approximate surface area is 121 Å². The average Bonchev–Trinajstić information content (AvgIpc) is 3.13. The minimum atomic E-state index is -0.777. The molecular formula is C14H18N2O3S. The van der Waals surface area contributed by atoms with Crippen molar-refractivity contribution in [2.75, 3.05) is 0 Å². The van der Waals surface area contributed by atoms with E-state index >= 15 is 0 Å². The summed E-state index contributed by atoms with van der Waals surface area (Å²) in [7, 11) is 0. The highest BCUT2D eigenvalue weighted by atomic mass is 32.1. The number of aliphatic carboxylic acids is 1. The van der Waals surface area contributed by atoms with E-state index < -0.39 is 11.9 Å². The number of carboxylic acid groups (broad SMARTS) is 1. The van der Waals surface area contributed by atoms with Gasteiger partial charge in [0, 0.05) is 17.0 Å². The summed E-state index contributed by atoms with van der Waals surface area (Å²) in [5.74, 6) is -1.17. The van der Waals surface area contributed by atoms with E-state index in [9.17, 15) is 14.7 Å². The molecule has 5 nitrogen and oxygen atoms in total. The van der Waals surface area contributed by atoms with Crippen LogP contribution >= 0.6 is 11.3 Å². The van der Waals surface area contributed by atoms with E-state index in [1.165, 1.54) is 0 Å². The second-order valence-electron chi connectivity index (χ2n) is 5.57. The summed E-state index contributed by atoms with van der Waals surface area (Å²) in [5, 5.41) is 14.2. The Hall–Kier alpha value is -1.56. The van der Waals surface area contributed by atoms with Crippen LogP contribution in [0.3, 0.4) is 0 Å². The van der Waals surface area contributed by atoms with Gasteiger partial charge in [-0.15, -0.1) is 11.3 Å². The molecule has 4 atom stereocenters. The fourth-order valence-corrected chi connectivity index (χ4v) is 4.17. The van der Waals surface area contributed by atoms with Crippen LogP contribution in [0.5, 0.6) is 0 Å². The van der Waals surface area contributed by atoms with Crippen LogP contribution in [-0.4, -0.2) is 34.1 Å². The fraction of sp³-hybridized carbons (Fsp3) is 0.571. The van der Waals surface area contributed by atoms with Crippen LogP contribution in [0.4, 0.5) is 4.79 Å². The minimum Gasteiger partial charge on any atom is -0.481 e. The van der Waals surface area contributed by atoms with Crippen LogP contribution in [0, 0.1) is 5.92 Å². The highest BCUT2D eigenvalue weighted by Crippen LogP contribution is 2.41. The van der Waals surface area contributed by atoms with E-state index in [2.05, 4.69) is 5.32 Å². The third-order valence-electron chi connectivity index (χ3n) is 4.40. The van der Waals surface area contributed by atoms with Gasteiger partial charge in [-0.1, -0.05) is 6.07 Å². The van der Waals surface area contributed by atoms with Crippen molar-refractivity contribution >= 4 is 23.3 Å². The molecule has 2 aliphatic heterocycles. The number of carbonyl (C=O) groups excluding carboxylic acids is 1. The molecule has 2 amide bonds. The van der Waals surface area contributed by atoms with Crippen molar-refractivity contribution in [1.29, 1.82) is 0 Å². The zero-order valence-corrected chi connectivity index (χ0v) is 12.1. The van der Waals surface area contributed by atoms with E-state index in [-0.39, 0.29) is 24.2 Å². The first-order valence-corrected chi connectivity index (χ1v) is 7.81. The molecule has 2 fully saturated rings. The number of fused-ring (bicyclic) bond motifs is 2. The number of hydrogen-bond donors (Lipinski definition) is 2. The van der Waals surface area contributed by atoms with Gasteiger partial charge in [0.1, 0.15) is 0 Å². The molecule has 2 saturated heterocycles. The molecule has 3 rings (SSSR count). The third-order valence-corrected chi connectivity index (χ3v) is 5.45. The van der Waals surface area contributed by atoms with E-state index in [1.807, 2.05) is 24.4 Å². The molecule has 108 valence electrons. The standard InChI is InChI=1S/C14H18N2O3S/c1-8(12-3-2-6-20-12)15-14(19)16-9-4-5-11(16)10(7-9)13(17)18/h2-3,6,8-11H,4-5,7H2,1H3,(H,15,19)(H,17,18). The number of nitrogens with one attached hydrogen (secondary N) is 1. The maximum atomic E-state index is 12.4. The first-order valence-electron chi connectivity index (χ1n) is 6.93. The maximum absolute atomic E-state index is 12.4. The van der Waals surface area contributed by atoms with Crippen molar-refractivity contribution in [3.8, 4) is 0 Å². The van der Waals surface area contributed by atoms with Gasteiger partial charge in [-0.05, 0) is 37.6 Å². The average molecular weight is 294 g/mol. The van der Waals surface area contributed by atoms with Gasteiger partial charge in [-0.2, -0.15) is 0 Å². The second kappa shape index (κ2) is 5.09. The SMILES string of the molecule is CC(NC(=O)N1C2CCC1C(C(=O)O)C2)c1cccs1. The van der Waals surface area contributed by atoms with E-state index in [4.69, 9.17) is 0 Å². The number of urea groups is 1. The normalized spacial score (nSPS) is 29.4. The van der Waals surface area contributed by atoms with Gasteiger partial charge in [-0.3, -0.25) is 4.79 Å². The second-order valence-corrected chi connectivity index (χ2v) is 6.55. The topological polar surface area (TPSA) is 69.6 Å². The predicted octanol–water partition coefficient (Wildman–Crippen LogP) is 2.46. The van der Waals surface area contributed by atoms with E-state index in [0.717, 1.165) is 17.7 Å². The summed E-state index contributed by atoms with van der Waals surface area (Å²) in [6, 6.07) is 3.76. The number of carboxylic acids is 1. The summed E-state index contributed by atoms with van der Waals surface area (Å²) >= 11 is 1.61. The molecule has 20 heavy (non-hydrogen) atoms. The molecule has 1 aromatic heterocycles. The lowest BCUT2D eigenvalue weighted by Crippen LogP contribution is -2.44. The number of nitrogens with zero attached hydrogens (tertiary/aromatic N) is 1. The zero-order chi connectivity index (χ0) is 14.3. The molecule has 2 aliphatic rings.